The lowest BCUT2D eigenvalue weighted by Crippen LogP contribution is -2.27. The highest BCUT2D eigenvalue weighted by molar-refractivity contribution is 6.18. The van der Waals surface area contributed by atoms with E-state index in [-0.39, 0.29) is 12.4 Å². The molecule has 0 aromatic rings. The zero-order valence-electron chi connectivity index (χ0n) is 9.41. The zero-order valence-corrected chi connectivity index (χ0v) is 10.2. The molecule has 15 heavy (non-hydrogen) atoms. The Hall–Kier alpha value is -0.0500. The van der Waals surface area contributed by atoms with E-state index in [4.69, 9.17) is 21.1 Å². The van der Waals surface area contributed by atoms with Crippen molar-refractivity contribution in [2.24, 2.45) is 11.8 Å². The van der Waals surface area contributed by atoms with Crippen LogP contribution in [0.4, 0.5) is 0 Å². The predicted molar refractivity (Wildman–Crippen MR) is 61.0 cm³/mol. The summed E-state index contributed by atoms with van der Waals surface area (Å²) in [5, 5.41) is 0. The smallest absolute Gasteiger partial charge is 0.161 e. The fourth-order valence-electron chi connectivity index (χ4n) is 2.60. The molecule has 0 spiro atoms. The molecule has 1 fully saturated rings. The maximum atomic E-state index is 5.77. The molecule has 0 N–H and O–H groups in total. The number of halogens is 1. The van der Waals surface area contributed by atoms with Gasteiger partial charge in [-0.3, -0.25) is 0 Å². The first-order chi connectivity index (χ1) is 7.19. The van der Waals surface area contributed by atoms with Gasteiger partial charge in [-0.05, 0) is 25.7 Å². The first-order valence-corrected chi connectivity index (χ1v) is 6.23. The van der Waals surface area contributed by atoms with E-state index in [1.54, 1.807) is 0 Å². The molecule has 0 aromatic carbocycles. The average Bonchev–Trinajstić information content (AvgIpc) is 2.64. The van der Waals surface area contributed by atoms with Crippen LogP contribution >= 0.6 is 11.6 Å². The molecule has 2 nitrogen and oxygen atoms in total. The van der Waals surface area contributed by atoms with E-state index in [0.717, 1.165) is 12.8 Å². The van der Waals surface area contributed by atoms with Gasteiger partial charge in [-0.2, -0.15) is 0 Å². The molecule has 2 aliphatic rings. The molecule has 1 aliphatic heterocycles. The van der Waals surface area contributed by atoms with Crippen molar-refractivity contribution in [2.75, 3.05) is 12.5 Å². The van der Waals surface area contributed by atoms with Crippen molar-refractivity contribution in [3.8, 4) is 0 Å². The summed E-state index contributed by atoms with van der Waals surface area (Å²) in [5.74, 6) is 1.69. The second-order valence-corrected chi connectivity index (χ2v) is 5.11. The van der Waals surface area contributed by atoms with Crippen molar-refractivity contribution in [3.05, 3.63) is 11.6 Å². The van der Waals surface area contributed by atoms with E-state index in [1.807, 2.05) is 0 Å². The van der Waals surface area contributed by atoms with Crippen LogP contribution in [0.15, 0.2) is 11.6 Å². The Kier molecular flexibility index (Phi) is 3.70. The van der Waals surface area contributed by atoms with Crippen molar-refractivity contribution >= 4 is 11.6 Å². The highest BCUT2D eigenvalue weighted by atomic mass is 35.5. The van der Waals surface area contributed by atoms with E-state index >= 15 is 0 Å². The Balaban J connectivity index is 1.92. The molecular weight excluding hydrogens is 212 g/mol. The van der Waals surface area contributed by atoms with Gasteiger partial charge >= 0.3 is 0 Å². The SMILES string of the molecule is CC1=CC(C)CC(C2OCC(CCl)O2)C1. The van der Waals surface area contributed by atoms with Gasteiger partial charge in [0.1, 0.15) is 0 Å². The Morgan fingerprint density at radius 2 is 2.33 bits per heavy atom. The molecule has 86 valence electrons. The third kappa shape index (κ3) is 2.74. The number of hydrogen-bond acceptors (Lipinski definition) is 2. The number of allylic oxidation sites excluding steroid dienone is 2. The van der Waals surface area contributed by atoms with E-state index in [2.05, 4.69) is 19.9 Å². The van der Waals surface area contributed by atoms with Crippen LogP contribution in [0.5, 0.6) is 0 Å². The van der Waals surface area contributed by atoms with E-state index in [0.29, 0.717) is 24.3 Å². The lowest BCUT2D eigenvalue weighted by Gasteiger charge is -2.29. The molecule has 3 heteroatoms. The monoisotopic (exact) mass is 230 g/mol. The molecule has 0 amide bonds. The summed E-state index contributed by atoms with van der Waals surface area (Å²) in [5.41, 5.74) is 1.46. The van der Waals surface area contributed by atoms with Crippen molar-refractivity contribution in [3.63, 3.8) is 0 Å². The topological polar surface area (TPSA) is 18.5 Å². The van der Waals surface area contributed by atoms with Crippen LogP contribution in [0.3, 0.4) is 0 Å². The first kappa shape index (κ1) is 11.4. The molecule has 2 rings (SSSR count). The fraction of sp³-hybridized carbons (Fsp3) is 0.833. The third-order valence-corrected chi connectivity index (χ3v) is 3.50. The van der Waals surface area contributed by atoms with Gasteiger partial charge in [0.2, 0.25) is 0 Å². The first-order valence-electron chi connectivity index (χ1n) is 5.69. The molecule has 0 bridgehead atoms. The molecule has 4 unspecified atom stereocenters. The van der Waals surface area contributed by atoms with E-state index in [9.17, 15) is 0 Å². The number of rotatable bonds is 2. The van der Waals surface area contributed by atoms with E-state index in [1.165, 1.54) is 5.57 Å². The Morgan fingerprint density at radius 3 is 2.93 bits per heavy atom. The van der Waals surface area contributed by atoms with Gasteiger partial charge in [-0.15, -0.1) is 11.6 Å². The maximum Gasteiger partial charge on any atom is 0.161 e. The molecule has 4 atom stereocenters. The van der Waals surface area contributed by atoms with Gasteiger partial charge in [0.25, 0.3) is 0 Å². The largest absolute Gasteiger partial charge is 0.350 e. The molecule has 0 aromatic heterocycles. The standard InChI is InChI=1S/C12H19ClO2/c1-8-3-9(2)5-10(4-8)12-14-7-11(6-13)15-12/h3,8,10-12H,4-7H2,1-2H3. The molecule has 0 radical (unpaired) electrons. The van der Waals surface area contributed by atoms with Crippen molar-refractivity contribution in [1.29, 1.82) is 0 Å². The van der Waals surface area contributed by atoms with Crippen LogP contribution in [0, 0.1) is 11.8 Å². The predicted octanol–water partition coefficient (Wildman–Crippen LogP) is 2.96. The Bertz CT molecular complexity index is 252. The second-order valence-electron chi connectivity index (χ2n) is 4.80. The molecule has 1 aliphatic carbocycles. The average molecular weight is 231 g/mol. The maximum absolute atomic E-state index is 5.77. The summed E-state index contributed by atoms with van der Waals surface area (Å²) < 4.78 is 11.4. The van der Waals surface area contributed by atoms with Crippen molar-refractivity contribution < 1.29 is 9.47 Å². The van der Waals surface area contributed by atoms with E-state index < -0.39 is 0 Å². The van der Waals surface area contributed by atoms with Gasteiger partial charge in [0.15, 0.2) is 6.29 Å². The van der Waals surface area contributed by atoms with Gasteiger partial charge in [-0.25, -0.2) is 0 Å². The summed E-state index contributed by atoms with van der Waals surface area (Å²) in [4.78, 5) is 0. The van der Waals surface area contributed by atoms with Gasteiger partial charge in [-0.1, -0.05) is 18.6 Å². The Morgan fingerprint density at radius 1 is 1.53 bits per heavy atom. The van der Waals surface area contributed by atoms with Crippen LogP contribution in [0.2, 0.25) is 0 Å². The minimum absolute atomic E-state index is 0.0279. The summed E-state index contributed by atoms with van der Waals surface area (Å²) in [6.45, 7) is 5.10. The second kappa shape index (κ2) is 4.86. The van der Waals surface area contributed by atoms with Crippen molar-refractivity contribution in [2.45, 2.75) is 39.1 Å². The molecular formula is C12H19ClO2. The fourth-order valence-corrected chi connectivity index (χ4v) is 2.76. The van der Waals surface area contributed by atoms with Crippen molar-refractivity contribution in [1.82, 2.24) is 0 Å². The number of hydrogen-bond donors (Lipinski definition) is 0. The normalized spacial score (nSPS) is 41.7. The van der Waals surface area contributed by atoms with Gasteiger partial charge in [0.05, 0.1) is 18.6 Å². The lowest BCUT2D eigenvalue weighted by atomic mass is 9.83. The minimum atomic E-state index is -0.0279. The quantitative estimate of drug-likeness (QED) is 0.537. The highest BCUT2D eigenvalue weighted by Crippen LogP contribution is 2.34. The number of alkyl halides is 1. The number of ether oxygens (including phenoxy) is 2. The molecule has 1 saturated heterocycles. The summed E-state index contributed by atoms with van der Waals surface area (Å²) >= 11 is 5.75. The molecule has 1 heterocycles. The van der Waals surface area contributed by atoms with Crippen LogP contribution < -0.4 is 0 Å². The van der Waals surface area contributed by atoms with Crippen LogP contribution in [-0.4, -0.2) is 24.9 Å². The summed E-state index contributed by atoms with van der Waals surface area (Å²) in [6.07, 6.45) is 4.68. The molecule has 0 saturated carbocycles. The minimum Gasteiger partial charge on any atom is -0.350 e. The van der Waals surface area contributed by atoms with Crippen LogP contribution in [0.25, 0.3) is 0 Å². The lowest BCUT2D eigenvalue weighted by molar-refractivity contribution is -0.0987. The van der Waals surface area contributed by atoms with Crippen LogP contribution in [-0.2, 0) is 9.47 Å². The highest BCUT2D eigenvalue weighted by Gasteiger charge is 2.34. The van der Waals surface area contributed by atoms with Gasteiger partial charge < -0.3 is 9.47 Å². The Labute approximate surface area is 96.6 Å². The third-order valence-electron chi connectivity index (χ3n) is 3.16. The van der Waals surface area contributed by atoms with Gasteiger partial charge in [0, 0.05) is 5.92 Å². The zero-order chi connectivity index (χ0) is 10.8. The summed E-state index contributed by atoms with van der Waals surface area (Å²) in [6, 6.07) is 0. The summed E-state index contributed by atoms with van der Waals surface area (Å²) in [7, 11) is 0. The van der Waals surface area contributed by atoms with Crippen LogP contribution in [0.1, 0.15) is 26.7 Å².